The first-order valence-corrected chi connectivity index (χ1v) is 5.24. The van der Waals surface area contributed by atoms with E-state index in [1.165, 1.54) is 12.1 Å². The van der Waals surface area contributed by atoms with Gasteiger partial charge in [-0.1, -0.05) is 23.2 Å². The molecule has 0 saturated heterocycles. The van der Waals surface area contributed by atoms with Crippen LogP contribution in [0.3, 0.4) is 0 Å². The van der Waals surface area contributed by atoms with Crippen LogP contribution in [0.25, 0.3) is 0 Å². The van der Waals surface area contributed by atoms with E-state index in [4.69, 9.17) is 33.5 Å². The highest BCUT2D eigenvalue weighted by Gasteiger charge is 2.20. The van der Waals surface area contributed by atoms with Crippen LogP contribution in [-0.2, 0) is 10.1 Å². The minimum absolute atomic E-state index is 0.0171. The van der Waals surface area contributed by atoms with Crippen LogP contribution in [0.1, 0.15) is 0 Å². The molecule has 3 N–H and O–H groups in total. The molecule has 4 nitrogen and oxygen atoms in total. The Morgan fingerprint density at radius 2 is 1.85 bits per heavy atom. The number of halogens is 2. The molecule has 1 aromatic carbocycles. The van der Waals surface area contributed by atoms with Gasteiger partial charge in [-0.25, -0.2) is 0 Å². The van der Waals surface area contributed by atoms with Gasteiger partial charge in [-0.05, 0) is 12.1 Å². The quantitative estimate of drug-likeness (QED) is 0.581. The number of anilines is 1. The van der Waals surface area contributed by atoms with E-state index in [2.05, 4.69) is 0 Å². The molecule has 0 bridgehead atoms. The van der Waals surface area contributed by atoms with Gasteiger partial charge in [-0.2, -0.15) is 8.42 Å². The first kappa shape index (κ1) is 10.6. The molecule has 0 aromatic heterocycles. The second kappa shape index (κ2) is 3.34. The number of nitrogen functional groups attached to an aromatic ring is 1. The van der Waals surface area contributed by atoms with Gasteiger partial charge in [-0.3, -0.25) is 4.55 Å². The molecule has 1 aromatic rings. The average molecular weight is 242 g/mol. The minimum Gasteiger partial charge on any atom is -0.398 e. The van der Waals surface area contributed by atoms with E-state index in [0.29, 0.717) is 0 Å². The van der Waals surface area contributed by atoms with E-state index in [1.54, 1.807) is 0 Å². The summed E-state index contributed by atoms with van der Waals surface area (Å²) in [5, 5.41) is -0.257. The maximum absolute atomic E-state index is 10.8. The Balaban J connectivity index is 3.62. The summed E-state index contributed by atoms with van der Waals surface area (Å²) in [5.74, 6) is 0. The molecule has 0 amide bonds. The van der Waals surface area contributed by atoms with Crippen LogP contribution in [0.4, 0.5) is 5.69 Å². The van der Waals surface area contributed by atoms with Crippen LogP contribution in [-0.4, -0.2) is 13.0 Å². The largest absolute Gasteiger partial charge is 0.398 e. The summed E-state index contributed by atoms with van der Waals surface area (Å²) in [6, 6.07) is 2.59. The summed E-state index contributed by atoms with van der Waals surface area (Å²) in [6.07, 6.45) is 0. The summed E-state index contributed by atoms with van der Waals surface area (Å²) in [6.45, 7) is 0. The molecule has 0 heterocycles. The third kappa shape index (κ3) is 2.05. The second-order valence-electron chi connectivity index (χ2n) is 2.25. The Morgan fingerprint density at radius 3 is 2.23 bits per heavy atom. The summed E-state index contributed by atoms with van der Waals surface area (Å²) in [4.78, 5) is -0.554. The standard InChI is InChI=1S/C6H5Cl2NO3S/c7-3-1-2-4(9)6(5(3)8)13(10,11)12/h1-2H,9H2,(H,10,11,12). The fourth-order valence-electron chi connectivity index (χ4n) is 0.809. The normalized spacial score (nSPS) is 11.6. The van der Waals surface area contributed by atoms with Crippen LogP contribution in [0.15, 0.2) is 17.0 Å². The number of nitrogens with two attached hydrogens (primary N) is 1. The molecule has 0 fully saturated rings. The van der Waals surface area contributed by atoms with Gasteiger partial charge in [0.2, 0.25) is 0 Å². The first-order valence-electron chi connectivity index (χ1n) is 3.05. The van der Waals surface area contributed by atoms with Crippen molar-refractivity contribution >= 4 is 39.0 Å². The molecule has 0 spiro atoms. The fourth-order valence-corrected chi connectivity index (χ4v) is 2.19. The molecule has 7 heteroatoms. The number of benzene rings is 1. The molecule has 13 heavy (non-hydrogen) atoms. The third-order valence-corrected chi connectivity index (χ3v) is 3.21. The molecular weight excluding hydrogens is 237 g/mol. The molecule has 1 rings (SSSR count). The van der Waals surface area contributed by atoms with E-state index in [1.807, 2.05) is 0 Å². The van der Waals surface area contributed by atoms with Gasteiger partial charge in [0, 0.05) is 0 Å². The summed E-state index contributed by atoms with van der Waals surface area (Å²) in [5.41, 5.74) is 5.15. The Morgan fingerprint density at radius 1 is 1.31 bits per heavy atom. The lowest BCUT2D eigenvalue weighted by Crippen LogP contribution is -2.04. The Labute approximate surface area is 85.0 Å². The average Bonchev–Trinajstić information content (AvgIpc) is 1.95. The van der Waals surface area contributed by atoms with Crippen molar-refractivity contribution in [1.29, 1.82) is 0 Å². The van der Waals surface area contributed by atoms with E-state index in [-0.39, 0.29) is 15.7 Å². The highest BCUT2D eigenvalue weighted by molar-refractivity contribution is 7.86. The van der Waals surface area contributed by atoms with Gasteiger partial charge >= 0.3 is 0 Å². The van der Waals surface area contributed by atoms with Gasteiger partial charge < -0.3 is 5.73 Å². The zero-order valence-electron chi connectivity index (χ0n) is 6.16. The monoisotopic (exact) mass is 241 g/mol. The smallest absolute Gasteiger partial charge is 0.298 e. The van der Waals surface area contributed by atoms with Crippen molar-refractivity contribution in [2.24, 2.45) is 0 Å². The van der Waals surface area contributed by atoms with E-state index in [0.717, 1.165) is 0 Å². The van der Waals surface area contributed by atoms with Crippen LogP contribution in [0, 0.1) is 0 Å². The Hall–Kier alpha value is -0.490. The SMILES string of the molecule is Nc1ccc(Cl)c(Cl)c1S(=O)(=O)O. The molecule has 72 valence electrons. The van der Waals surface area contributed by atoms with Crippen molar-refractivity contribution in [2.75, 3.05) is 5.73 Å². The zero-order chi connectivity index (χ0) is 10.2. The lowest BCUT2D eigenvalue weighted by atomic mass is 10.3. The lowest BCUT2D eigenvalue weighted by molar-refractivity contribution is 0.483. The van der Waals surface area contributed by atoms with Crippen LogP contribution in [0.2, 0.25) is 10.0 Å². The van der Waals surface area contributed by atoms with E-state index < -0.39 is 15.0 Å². The third-order valence-electron chi connectivity index (χ3n) is 1.34. The van der Waals surface area contributed by atoms with Gasteiger partial charge in [0.05, 0.1) is 15.7 Å². The van der Waals surface area contributed by atoms with E-state index in [9.17, 15) is 8.42 Å². The van der Waals surface area contributed by atoms with Crippen LogP contribution in [0.5, 0.6) is 0 Å². The molecular formula is C6H5Cl2NO3S. The highest BCUT2D eigenvalue weighted by atomic mass is 35.5. The van der Waals surface area contributed by atoms with Crippen LogP contribution >= 0.6 is 23.2 Å². The topological polar surface area (TPSA) is 80.4 Å². The zero-order valence-corrected chi connectivity index (χ0v) is 8.49. The van der Waals surface area contributed by atoms with E-state index >= 15 is 0 Å². The molecule has 0 unspecified atom stereocenters. The maximum Gasteiger partial charge on any atom is 0.298 e. The van der Waals surface area contributed by atoms with Crippen molar-refractivity contribution in [2.45, 2.75) is 4.90 Å². The predicted molar refractivity (Wildman–Crippen MR) is 50.7 cm³/mol. The second-order valence-corrected chi connectivity index (χ2v) is 4.40. The van der Waals surface area contributed by atoms with Crippen LogP contribution < -0.4 is 5.73 Å². The van der Waals surface area contributed by atoms with Gasteiger partial charge in [-0.15, -0.1) is 0 Å². The van der Waals surface area contributed by atoms with Crippen molar-refractivity contribution in [3.63, 3.8) is 0 Å². The van der Waals surface area contributed by atoms with Crippen molar-refractivity contribution in [1.82, 2.24) is 0 Å². The van der Waals surface area contributed by atoms with Crippen molar-refractivity contribution < 1.29 is 13.0 Å². The van der Waals surface area contributed by atoms with Gasteiger partial charge in [0.25, 0.3) is 10.1 Å². The summed E-state index contributed by atoms with van der Waals surface area (Å²) >= 11 is 11.1. The highest BCUT2D eigenvalue weighted by Crippen LogP contribution is 2.33. The summed E-state index contributed by atoms with van der Waals surface area (Å²) in [7, 11) is -4.43. The van der Waals surface area contributed by atoms with Crippen molar-refractivity contribution in [3.05, 3.63) is 22.2 Å². The predicted octanol–water partition coefficient (Wildman–Crippen LogP) is 1.82. The molecule has 0 radical (unpaired) electrons. The van der Waals surface area contributed by atoms with Gasteiger partial charge in [0.1, 0.15) is 4.90 Å². The molecule has 0 saturated carbocycles. The first-order chi connectivity index (χ1) is 5.84. The molecule has 0 atom stereocenters. The Kier molecular flexibility index (Phi) is 2.72. The molecule has 0 aliphatic carbocycles. The summed E-state index contributed by atoms with van der Waals surface area (Å²) < 4.78 is 30.2. The molecule has 0 aliphatic rings. The fraction of sp³-hybridized carbons (Fsp3) is 0. The molecule has 0 aliphatic heterocycles. The number of rotatable bonds is 1. The number of hydrogen-bond acceptors (Lipinski definition) is 3. The minimum atomic E-state index is -4.43. The van der Waals surface area contributed by atoms with Crippen molar-refractivity contribution in [3.8, 4) is 0 Å². The number of hydrogen-bond donors (Lipinski definition) is 2. The van der Waals surface area contributed by atoms with Gasteiger partial charge in [0.15, 0.2) is 0 Å². The maximum atomic E-state index is 10.8. The lowest BCUT2D eigenvalue weighted by Gasteiger charge is -2.05. The Bertz CT molecular complexity index is 443.